The molecule has 1 saturated heterocycles. The van der Waals surface area contributed by atoms with Gasteiger partial charge < -0.3 is 15.5 Å². The summed E-state index contributed by atoms with van der Waals surface area (Å²) in [5, 5.41) is 5.85. The van der Waals surface area contributed by atoms with Crippen LogP contribution in [0.5, 0.6) is 0 Å². The SMILES string of the molecule is CC(CCNC(=O)NCc1ccc(N2CCCCC2)nc1)c1ccccc1. The fourth-order valence-electron chi connectivity index (χ4n) is 3.43. The molecular weight excluding hydrogens is 336 g/mol. The van der Waals surface area contributed by atoms with Gasteiger partial charge in [0.15, 0.2) is 0 Å². The molecule has 3 rings (SSSR count). The third-order valence-electron chi connectivity index (χ3n) is 5.17. The molecular formula is C22H30N4O. The van der Waals surface area contributed by atoms with Crippen LogP contribution in [0.15, 0.2) is 48.7 Å². The number of hydrogen-bond donors (Lipinski definition) is 2. The molecule has 27 heavy (non-hydrogen) atoms. The second kappa shape index (κ2) is 9.95. The van der Waals surface area contributed by atoms with Gasteiger partial charge in [0.2, 0.25) is 0 Å². The number of benzene rings is 1. The molecule has 2 N–H and O–H groups in total. The molecule has 1 fully saturated rings. The Morgan fingerprint density at radius 2 is 1.85 bits per heavy atom. The summed E-state index contributed by atoms with van der Waals surface area (Å²) in [7, 11) is 0. The largest absolute Gasteiger partial charge is 0.357 e. The van der Waals surface area contributed by atoms with Crippen molar-refractivity contribution in [3.05, 3.63) is 59.8 Å². The van der Waals surface area contributed by atoms with Gasteiger partial charge in [-0.25, -0.2) is 9.78 Å². The van der Waals surface area contributed by atoms with Crippen molar-refractivity contribution >= 4 is 11.8 Å². The van der Waals surface area contributed by atoms with Crippen molar-refractivity contribution in [3.63, 3.8) is 0 Å². The van der Waals surface area contributed by atoms with E-state index in [2.05, 4.69) is 63.8 Å². The van der Waals surface area contributed by atoms with Crippen LogP contribution in [-0.2, 0) is 6.54 Å². The second-order valence-corrected chi connectivity index (χ2v) is 7.28. The average Bonchev–Trinajstić information content (AvgIpc) is 2.74. The van der Waals surface area contributed by atoms with E-state index in [1.165, 1.54) is 24.8 Å². The topological polar surface area (TPSA) is 57.3 Å². The zero-order valence-corrected chi connectivity index (χ0v) is 16.2. The van der Waals surface area contributed by atoms with Gasteiger partial charge in [0, 0.05) is 32.4 Å². The lowest BCUT2D eigenvalue weighted by Gasteiger charge is -2.27. The Labute approximate surface area is 162 Å². The molecule has 5 nitrogen and oxygen atoms in total. The minimum absolute atomic E-state index is 0.129. The number of nitrogens with one attached hydrogen (secondary N) is 2. The van der Waals surface area contributed by atoms with Crippen LogP contribution in [0.3, 0.4) is 0 Å². The fourth-order valence-corrected chi connectivity index (χ4v) is 3.43. The number of piperidine rings is 1. The number of urea groups is 1. The molecule has 0 aliphatic carbocycles. The van der Waals surface area contributed by atoms with Gasteiger partial charge in [-0.05, 0) is 48.8 Å². The lowest BCUT2D eigenvalue weighted by Crippen LogP contribution is -2.36. The molecule has 2 aromatic rings. The predicted molar refractivity (Wildman–Crippen MR) is 110 cm³/mol. The Kier molecular flexibility index (Phi) is 7.08. The number of aromatic nitrogens is 1. The van der Waals surface area contributed by atoms with Gasteiger partial charge in [-0.1, -0.05) is 43.3 Å². The minimum atomic E-state index is -0.129. The van der Waals surface area contributed by atoms with Crippen LogP contribution >= 0.6 is 0 Å². The normalized spacial score (nSPS) is 15.2. The lowest BCUT2D eigenvalue weighted by molar-refractivity contribution is 0.240. The van der Waals surface area contributed by atoms with E-state index < -0.39 is 0 Å². The molecule has 1 atom stereocenters. The Morgan fingerprint density at radius 1 is 1.07 bits per heavy atom. The van der Waals surface area contributed by atoms with Crippen molar-refractivity contribution in [3.8, 4) is 0 Å². The number of carbonyl (C=O) groups excluding carboxylic acids is 1. The Balaban J connectivity index is 1.36. The summed E-state index contributed by atoms with van der Waals surface area (Å²) >= 11 is 0. The minimum Gasteiger partial charge on any atom is -0.357 e. The summed E-state index contributed by atoms with van der Waals surface area (Å²) in [6.45, 7) is 5.52. The van der Waals surface area contributed by atoms with E-state index in [9.17, 15) is 4.79 Å². The van der Waals surface area contributed by atoms with Crippen LogP contribution in [0.4, 0.5) is 10.6 Å². The third-order valence-corrected chi connectivity index (χ3v) is 5.17. The maximum Gasteiger partial charge on any atom is 0.315 e. The summed E-state index contributed by atoms with van der Waals surface area (Å²) in [4.78, 5) is 18.9. The van der Waals surface area contributed by atoms with Crippen LogP contribution in [0.25, 0.3) is 0 Å². The first-order valence-corrected chi connectivity index (χ1v) is 9.99. The van der Waals surface area contributed by atoms with E-state index in [1.54, 1.807) is 0 Å². The van der Waals surface area contributed by atoms with Gasteiger partial charge in [0.1, 0.15) is 5.82 Å². The van der Waals surface area contributed by atoms with Crippen molar-refractivity contribution in [2.75, 3.05) is 24.5 Å². The molecule has 2 heterocycles. The fraction of sp³-hybridized carbons (Fsp3) is 0.455. The number of rotatable bonds is 7. The van der Waals surface area contributed by atoms with Crippen LogP contribution in [0.2, 0.25) is 0 Å². The highest BCUT2D eigenvalue weighted by Gasteiger charge is 2.12. The third kappa shape index (κ3) is 5.98. The highest BCUT2D eigenvalue weighted by atomic mass is 16.2. The first kappa shape index (κ1) is 19.2. The number of carbonyl (C=O) groups is 1. The molecule has 1 aromatic heterocycles. The van der Waals surface area contributed by atoms with E-state index >= 15 is 0 Å². The highest BCUT2D eigenvalue weighted by molar-refractivity contribution is 5.73. The van der Waals surface area contributed by atoms with Crippen molar-refractivity contribution < 1.29 is 4.79 Å². The van der Waals surface area contributed by atoms with E-state index in [0.29, 0.717) is 19.0 Å². The molecule has 0 spiro atoms. The first-order valence-electron chi connectivity index (χ1n) is 9.99. The Morgan fingerprint density at radius 3 is 2.56 bits per heavy atom. The summed E-state index contributed by atoms with van der Waals surface area (Å²) in [6.07, 6.45) is 6.59. The zero-order chi connectivity index (χ0) is 18.9. The predicted octanol–water partition coefficient (Wildman–Crippen LogP) is 4.06. The summed E-state index contributed by atoms with van der Waals surface area (Å²) in [6, 6.07) is 14.4. The zero-order valence-electron chi connectivity index (χ0n) is 16.2. The van der Waals surface area contributed by atoms with Gasteiger partial charge in [-0.15, -0.1) is 0 Å². The standard InChI is InChI=1S/C22H30N4O/c1-18(20-8-4-2-5-9-20)12-13-23-22(27)25-17-19-10-11-21(24-16-19)26-14-6-3-7-15-26/h2,4-5,8-11,16,18H,3,6-7,12-15,17H2,1H3,(H2,23,25,27). The van der Waals surface area contributed by atoms with Crippen molar-refractivity contribution in [2.45, 2.75) is 45.1 Å². The maximum absolute atomic E-state index is 12.0. The number of anilines is 1. The van der Waals surface area contributed by atoms with E-state index in [1.807, 2.05) is 12.3 Å². The van der Waals surface area contributed by atoms with Crippen LogP contribution < -0.4 is 15.5 Å². The van der Waals surface area contributed by atoms with Crippen molar-refractivity contribution in [1.29, 1.82) is 0 Å². The average molecular weight is 367 g/mol. The molecule has 1 unspecified atom stereocenters. The van der Waals surface area contributed by atoms with E-state index in [-0.39, 0.29) is 6.03 Å². The number of hydrogen-bond acceptors (Lipinski definition) is 3. The smallest absolute Gasteiger partial charge is 0.315 e. The van der Waals surface area contributed by atoms with Crippen LogP contribution in [0.1, 0.15) is 49.7 Å². The Bertz CT molecular complexity index is 696. The Hall–Kier alpha value is -2.56. The summed E-state index contributed by atoms with van der Waals surface area (Å²) in [5.41, 5.74) is 2.32. The molecule has 0 radical (unpaired) electrons. The molecule has 5 heteroatoms. The monoisotopic (exact) mass is 366 g/mol. The van der Waals surface area contributed by atoms with Gasteiger partial charge in [-0.2, -0.15) is 0 Å². The van der Waals surface area contributed by atoms with E-state index in [4.69, 9.17) is 0 Å². The molecule has 1 aromatic carbocycles. The van der Waals surface area contributed by atoms with Crippen molar-refractivity contribution in [1.82, 2.24) is 15.6 Å². The highest BCUT2D eigenvalue weighted by Crippen LogP contribution is 2.18. The first-order chi connectivity index (χ1) is 13.2. The molecule has 1 aliphatic rings. The quantitative estimate of drug-likeness (QED) is 0.777. The second-order valence-electron chi connectivity index (χ2n) is 7.28. The number of pyridine rings is 1. The van der Waals surface area contributed by atoms with Gasteiger partial charge >= 0.3 is 6.03 Å². The lowest BCUT2D eigenvalue weighted by atomic mass is 9.98. The molecule has 1 aliphatic heterocycles. The molecule has 0 bridgehead atoms. The van der Waals surface area contributed by atoms with Crippen LogP contribution in [-0.4, -0.2) is 30.6 Å². The molecule has 2 amide bonds. The van der Waals surface area contributed by atoms with Crippen LogP contribution in [0, 0.1) is 0 Å². The van der Waals surface area contributed by atoms with Gasteiger partial charge in [0.05, 0.1) is 0 Å². The number of nitrogens with zero attached hydrogens (tertiary/aromatic N) is 2. The molecule has 0 saturated carbocycles. The summed E-state index contributed by atoms with van der Waals surface area (Å²) < 4.78 is 0. The summed E-state index contributed by atoms with van der Waals surface area (Å²) in [5.74, 6) is 1.47. The van der Waals surface area contributed by atoms with Gasteiger partial charge in [0.25, 0.3) is 0 Å². The van der Waals surface area contributed by atoms with Gasteiger partial charge in [-0.3, -0.25) is 0 Å². The van der Waals surface area contributed by atoms with Crippen molar-refractivity contribution in [2.24, 2.45) is 0 Å². The molecule has 144 valence electrons. The number of amides is 2. The maximum atomic E-state index is 12.0. The van der Waals surface area contributed by atoms with E-state index in [0.717, 1.165) is 30.9 Å².